The van der Waals surface area contributed by atoms with Gasteiger partial charge in [-0.25, -0.2) is 0 Å². The fourth-order valence-corrected chi connectivity index (χ4v) is 4.21. The lowest BCUT2D eigenvalue weighted by molar-refractivity contribution is 0.321. The van der Waals surface area contributed by atoms with Crippen LogP contribution in [0.15, 0.2) is 71.9 Å². The molecule has 0 aliphatic heterocycles. The maximum absolute atomic E-state index is 9.04. The predicted octanol–water partition coefficient (Wildman–Crippen LogP) is 4.58. The number of hydrogen-bond donors (Lipinski definition) is 1. The van der Waals surface area contributed by atoms with Crippen molar-refractivity contribution in [2.75, 3.05) is 0 Å². The third-order valence-corrected chi connectivity index (χ3v) is 5.71. The molecule has 5 rings (SSSR count). The Kier molecular flexibility index (Phi) is 3.71. The Morgan fingerprint density at radius 2 is 1.63 bits per heavy atom. The second kappa shape index (κ2) is 6.23. The van der Waals surface area contributed by atoms with Gasteiger partial charge in [-0.15, -0.1) is 0 Å². The molecule has 2 aliphatic rings. The van der Waals surface area contributed by atoms with Crippen LogP contribution in [0.2, 0.25) is 0 Å². The van der Waals surface area contributed by atoms with Crippen molar-refractivity contribution >= 4 is 12.3 Å². The van der Waals surface area contributed by atoms with E-state index in [1.54, 1.807) is 0 Å². The van der Waals surface area contributed by atoms with Gasteiger partial charge in [-0.05, 0) is 24.0 Å². The van der Waals surface area contributed by atoms with E-state index in [1.807, 2.05) is 0 Å². The Bertz CT molecular complexity index is 975. The highest BCUT2D eigenvalue weighted by molar-refractivity contribution is 5.84. The van der Waals surface area contributed by atoms with Gasteiger partial charge in [-0.1, -0.05) is 78.0 Å². The monoisotopic (exact) mass is 355 g/mol. The average molecular weight is 355 g/mol. The smallest absolute Gasteiger partial charge is 0.114 e. The molecule has 1 heterocycles. The van der Waals surface area contributed by atoms with Crippen molar-refractivity contribution in [3.63, 3.8) is 0 Å². The molecule has 2 aromatic carbocycles. The average Bonchev–Trinajstić information content (AvgIpc) is 3.52. The molecule has 4 nitrogen and oxygen atoms in total. The second-order valence-corrected chi connectivity index (χ2v) is 7.38. The van der Waals surface area contributed by atoms with E-state index in [4.69, 9.17) is 10.3 Å². The van der Waals surface area contributed by atoms with Gasteiger partial charge in [0.15, 0.2) is 0 Å². The number of hydrogen-bond acceptors (Lipinski definition) is 3. The summed E-state index contributed by atoms with van der Waals surface area (Å²) in [6.45, 7) is 0. The summed E-state index contributed by atoms with van der Waals surface area (Å²) in [6, 6.07) is 21.8. The van der Waals surface area contributed by atoms with E-state index < -0.39 is 0 Å². The lowest BCUT2D eigenvalue weighted by atomic mass is 9.68. The standard InChI is InChI=1S/C23H21N3O/c27-24-16-21-20-13-14-23(17-7-3-1-4-8-17,18-9-5-2-6-10-18)15-22(20)26(25-21)19-11-12-19/h1-10,13-14,16,19,27H,11-12,15H2/b24-16+. The third kappa shape index (κ3) is 2.60. The molecule has 134 valence electrons. The Labute approximate surface area is 158 Å². The highest BCUT2D eigenvalue weighted by Crippen LogP contribution is 2.45. The number of fused-ring (bicyclic) bond motifs is 1. The van der Waals surface area contributed by atoms with E-state index in [-0.39, 0.29) is 5.41 Å². The molecule has 4 heteroatoms. The number of aromatic nitrogens is 2. The van der Waals surface area contributed by atoms with E-state index >= 15 is 0 Å². The van der Waals surface area contributed by atoms with Gasteiger partial charge in [0, 0.05) is 23.1 Å². The van der Waals surface area contributed by atoms with Crippen LogP contribution in [0.4, 0.5) is 0 Å². The molecule has 0 bridgehead atoms. The minimum Gasteiger partial charge on any atom is -0.411 e. The highest BCUT2D eigenvalue weighted by Gasteiger charge is 2.39. The van der Waals surface area contributed by atoms with Gasteiger partial charge >= 0.3 is 0 Å². The van der Waals surface area contributed by atoms with E-state index in [0.29, 0.717) is 6.04 Å². The number of rotatable bonds is 4. The van der Waals surface area contributed by atoms with Crippen molar-refractivity contribution in [2.45, 2.75) is 30.7 Å². The molecular formula is C23H21N3O. The summed E-state index contributed by atoms with van der Waals surface area (Å²) in [7, 11) is 0. The molecule has 0 saturated heterocycles. The molecule has 3 aromatic rings. The Morgan fingerprint density at radius 3 is 2.19 bits per heavy atom. The van der Waals surface area contributed by atoms with Gasteiger partial charge in [0.25, 0.3) is 0 Å². The predicted molar refractivity (Wildman–Crippen MR) is 106 cm³/mol. The lowest BCUT2D eigenvalue weighted by Crippen LogP contribution is -2.31. The van der Waals surface area contributed by atoms with Crippen LogP contribution in [0.25, 0.3) is 6.08 Å². The van der Waals surface area contributed by atoms with Gasteiger partial charge in [0.1, 0.15) is 5.69 Å². The Morgan fingerprint density at radius 1 is 1.00 bits per heavy atom. The first-order valence-electron chi connectivity index (χ1n) is 9.41. The first kappa shape index (κ1) is 16.1. The maximum Gasteiger partial charge on any atom is 0.114 e. The highest BCUT2D eigenvalue weighted by atomic mass is 16.4. The topological polar surface area (TPSA) is 50.4 Å². The van der Waals surface area contributed by atoms with E-state index in [1.165, 1.54) is 23.0 Å². The lowest BCUT2D eigenvalue weighted by Gasteiger charge is -2.35. The fraction of sp³-hybridized carbons (Fsp3) is 0.217. The van der Waals surface area contributed by atoms with Crippen molar-refractivity contribution in [2.24, 2.45) is 5.16 Å². The van der Waals surface area contributed by atoms with Gasteiger partial charge in [-0.3, -0.25) is 4.68 Å². The van der Waals surface area contributed by atoms with Crippen molar-refractivity contribution < 1.29 is 5.21 Å². The van der Waals surface area contributed by atoms with Crippen LogP contribution in [-0.2, 0) is 11.8 Å². The molecule has 27 heavy (non-hydrogen) atoms. The van der Waals surface area contributed by atoms with Crippen molar-refractivity contribution in [1.29, 1.82) is 0 Å². The van der Waals surface area contributed by atoms with E-state index in [9.17, 15) is 0 Å². The van der Waals surface area contributed by atoms with Crippen LogP contribution in [0.3, 0.4) is 0 Å². The van der Waals surface area contributed by atoms with E-state index in [0.717, 1.165) is 30.5 Å². The van der Waals surface area contributed by atoms with Crippen molar-refractivity contribution in [3.05, 3.63) is 94.8 Å². The SMILES string of the molecule is O/N=C/c1nn(C2CC2)c2c1C=CC(c1ccccc1)(c1ccccc1)C2. The summed E-state index contributed by atoms with van der Waals surface area (Å²) in [4.78, 5) is 0. The number of allylic oxidation sites excluding steroid dienone is 1. The van der Waals surface area contributed by atoms with Gasteiger partial charge < -0.3 is 5.21 Å². The van der Waals surface area contributed by atoms with Crippen LogP contribution in [0, 0.1) is 0 Å². The Hall–Kier alpha value is -3.14. The summed E-state index contributed by atoms with van der Waals surface area (Å²) in [5.41, 5.74) is 5.36. The quantitative estimate of drug-likeness (QED) is 0.423. The van der Waals surface area contributed by atoms with Gasteiger partial charge in [0.05, 0.1) is 12.3 Å². The summed E-state index contributed by atoms with van der Waals surface area (Å²) in [6.07, 6.45) is 9.06. The van der Waals surface area contributed by atoms with Crippen LogP contribution in [0.5, 0.6) is 0 Å². The zero-order valence-electron chi connectivity index (χ0n) is 15.0. The summed E-state index contributed by atoms with van der Waals surface area (Å²) in [5, 5.41) is 17.0. The van der Waals surface area contributed by atoms with Crippen LogP contribution in [0.1, 0.15) is 47.0 Å². The molecule has 0 spiro atoms. The first-order valence-corrected chi connectivity index (χ1v) is 9.41. The zero-order valence-corrected chi connectivity index (χ0v) is 15.0. The molecule has 0 unspecified atom stereocenters. The Balaban J connectivity index is 1.71. The zero-order chi connectivity index (χ0) is 18.3. The second-order valence-electron chi connectivity index (χ2n) is 7.38. The van der Waals surface area contributed by atoms with E-state index in [2.05, 4.69) is 82.7 Å². The summed E-state index contributed by atoms with van der Waals surface area (Å²) >= 11 is 0. The molecule has 0 radical (unpaired) electrons. The number of benzene rings is 2. The molecule has 0 atom stereocenters. The fourth-order valence-electron chi connectivity index (χ4n) is 4.21. The maximum atomic E-state index is 9.04. The third-order valence-electron chi connectivity index (χ3n) is 5.71. The minimum absolute atomic E-state index is 0.226. The molecule has 1 aromatic heterocycles. The van der Waals surface area contributed by atoms with Crippen LogP contribution >= 0.6 is 0 Å². The van der Waals surface area contributed by atoms with Gasteiger partial charge in [0.2, 0.25) is 0 Å². The first-order chi connectivity index (χ1) is 13.3. The van der Waals surface area contributed by atoms with Crippen LogP contribution in [-0.4, -0.2) is 21.2 Å². The normalized spacial score (nSPS) is 17.9. The minimum atomic E-state index is -0.226. The summed E-state index contributed by atoms with van der Waals surface area (Å²) in [5.74, 6) is 0. The molecular weight excluding hydrogens is 334 g/mol. The molecule has 2 aliphatic carbocycles. The van der Waals surface area contributed by atoms with Crippen LogP contribution < -0.4 is 0 Å². The van der Waals surface area contributed by atoms with Crippen molar-refractivity contribution in [3.8, 4) is 0 Å². The molecule has 0 amide bonds. The largest absolute Gasteiger partial charge is 0.411 e. The molecule has 1 N–H and O–H groups in total. The molecule has 1 saturated carbocycles. The molecule has 1 fully saturated rings. The number of nitrogens with zero attached hydrogens (tertiary/aromatic N) is 3. The summed E-state index contributed by atoms with van der Waals surface area (Å²) < 4.78 is 2.16. The van der Waals surface area contributed by atoms with Gasteiger partial charge in [-0.2, -0.15) is 5.10 Å². The van der Waals surface area contributed by atoms with Crippen molar-refractivity contribution in [1.82, 2.24) is 9.78 Å². The number of oxime groups is 1.